The van der Waals surface area contributed by atoms with Gasteiger partial charge < -0.3 is 19.7 Å². The number of carbonyl (C=O) groups excluding carboxylic acids is 1. The molecule has 1 amide bonds. The van der Waals surface area contributed by atoms with Crippen LogP contribution in [0.15, 0.2) is 36.7 Å². The zero-order valence-corrected chi connectivity index (χ0v) is 20.9. The van der Waals surface area contributed by atoms with Crippen molar-refractivity contribution in [1.29, 1.82) is 0 Å². The number of fused-ring (bicyclic) bond motifs is 1. The normalized spacial score (nSPS) is 18.4. The zero-order valence-electron chi connectivity index (χ0n) is 20.2. The van der Waals surface area contributed by atoms with Crippen molar-refractivity contribution < 1.29 is 18.7 Å². The SMILES string of the molecule is COc1cc2ncnc(Nc3cccc(Cl)c3F)c2cc1O[C@H]1CCCN(C(=O)CN2CCCC2)C1. The summed E-state index contributed by atoms with van der Waals surface area (Å²) in [5.41, 5.74) is 0.824. The Labute approximate surface area is 214 Å². The fourth-order valence-electron chi connectivity index (χ4n) is 4.82. The molecule has 190 valence electrons. The monoisotopic (exact) mass is 513 g/mol. The third kappa shape index (κ3) is 5.32. The largest absolute Gasteiger partial charge is 0.493 e. The number of piperidine rings is 1. The predicted octanol–water partition coefficient (Wildman–Crippen LogP) is 4.64. The number of likely N-dealkylation sites (tertiary alicyclic amines) is 2. The Morgan fingerprint density at radius 1 is 1.17 bits per heavy atom. The number of hydrogen-bond donors (Lipinski definition) is 1. The maximum absolute atomic E-state index is 14.5. The average molecular weight is 514 g/mol. The van der Waals surface area contributed by atoms with Crippen molar-refractivity contribution in [3.05, 3.63) is 47.5 Å². The summed E-state index contributed by atoms with van der Waals surface area (Å²) in [4.78, 5) is 25.6. The van der Waals surface area contributed by atoms with Crippen LogP contribution in [0.4, 0.5) is 15.9 Å². The second kappa shape index (κ2) is 10.8. The number of nitrogens with zero attached hydrogens (tertiary/aromatic N) is 4. The quantitative estimate of drug-likeness (QED) is 0.493. The Morgan fingerprint density at radius 3 is 2.81 bits per heavy atom. The molecular formula is C26H29ClFN5O3. The predicted molar refractivity (Wildman–Crippen MR) is 137 cm³/mol. The van der Waals surface area contributed by atoms with Crippen LogP contribution in [0, 0.1) is 5.82 Å². The summed E-state index contributed by atoms with van der Waals surface area (Å²) in [5.74, 6) is 1.06. The molecule has 0 saturated carbocycles. The average Bonchev–Trinajstić information content (AvgIpc) is 3.40. The van der Waals surface area contributed by atoms with Gasteiger partial charge in [0.2, 0.25) is 5.91 Å². The van der Waals surface area contributed by atoms with Crippen LogP contribution in [0.1, 0.15) is 25.7 Å². The molecule has 36 heavy (non-hydrogen) atoms. The number of nitrogens with one attached hydrogen (secondary N) is 1. The van der Waals surface area contributed by atoms with E-state index in [2.05, 4.69) is 20.2 Å². The Kier molecular flexibility index (Phi) is 7.38. The van der Waals surface area contributed by atoms with E-state index in [4.69, 9.17) is 21.1 Å². The molecule has 3 aromatic rings. The molecule has 1 aromatic heterocycles. The third-order valence-corrected chi connectivity index (χ3v) is 7.00. The summed E-state index contributed by atoms with van der Waals surface area (Å²) >= 11 is 5.94. The molecule has 0 bridgehead atoms. The second-order valence-corrected chi connectivity index (χ2v) is 9.58. The van der Waals surface area contributed by atoms with Crippen LogP contribution in [-0.4, -0.2) is 71.6 Å². The highest BCUT2D eigenvalue weighted by molar-refractivity contribution is 6.31. The van der Waals surface area contributed by atoms with E-state index in [1.165, 1.54) is 12.4 Å². The Hall–Kier alpha value is -3.17. The molecule has 0 aliphatic carbocycles. The minimum atomic E-state index is -0.559. The number of rotatable bonds is 7. The van der Waals surface area contributed by atoms with Crippen molar-refractivity contribution in [3.8, 4) is 11.5 Å². The number of benzene rings is 2. The molecular weight excluding hydrogens is 485 g/mol. The molecule has 2 saturated heterocycles. The molecule has 2 aliphatic rings. The van der Waals surface area contributed by atoms with Crippen LogP contribution in [-0.2, 0) is 4.79 Å². The van der Waals surface area contributed by atoms with Gasteiger partial charge in [0.25, 0.3) is 0 Å². The van der Waals surface area contributed by atoms with E-state index < -0.39 is 5.82 Å². The first-order chi connectivity index (χ1) is 17.5. The molecule has 0 spiro atoms. The van der Waals surface area contributed by atoms with E-state index in [0.717, 1.165) is 45.3 Å². The minimum Gasteiger partial charge on any atom is -0.493 e. The first-order valence-electron chi connectivity index (χ1n) is 12.2. The highest BCUT2D eigenvalue weighted by atomic mass is 35.5. The molecule has 2 aromatic carbocycles. The summed E-state index contributed by atoms with van der Waals surface area (Å²) in [6.45, 7) is 3.72. The summed E-state index contributed by atoms with van der Waals surface area (Å²) in [6, 6.07) is 8.30. The summed E-state index contributed by atoms with van der Waals surface area (Å²) in [5, 5.41) is 3.68. The second-order valence-electron chi connectivity index (χ2n) is 9.17. The zero-order chi connectivity index (χ0) is 25.1. The lowest BCUT2D eigenvalue weighted by Crippen LogP contribution is -2.47. The van der Waals surface area contributed by atoms with E-state index in [9.17, 15) is 9.18 Å². The number of hydrogen-bond acceptors (Lipinski definition) is 7. The number of ether oxygens (including phenoxy) is 2. The summed E-state index contributed by atoms with van der Waals surface area (Å²) in [6.07, 6.45) is 5.25. The first-order valence-corrected chi connectivity index (χ1v) is 12.6. The summed E-state index contributed by atoms with van der Waals surface area (Å²) < 4.78 is 26.5. The van der Waals surface area contributed by atoms with Crippen molar-refractivity contribution in [2.45, 2.75) is 31.8 Å². The summed E-state index contributed by atoms with van der Waals surface area (Å²) in [7, 11) is 1.57. The minimum absolute atomic E-state index is 0.0187. The molecule has 1 N–H and O–H groups in total. The van der Waals surface area contributed by atoms with Crippen LogP contribution in [0.2, 0.25) is 5.02 Å². The van der Waals surface area contributed by atoms with Crippen molar-refractivity contribution in [2.75, 3.05) is 45.2 Å². The molecule has 8 nitrogen and oxygen atoms in total. The van der Waals surface area contributed by atoms with E-state index >= 15 is 0 Å². The third-order valence-electron chi connectivity index (χ3n) is 6.71. The fraction of sp³-hybridized carbons (Fsp3) is 0.423. The fourth-order valence-corrected chi connectivity index (χ4v) is 4.99. The van der Waals surface area contributed by atoms with Crippen molar-refractivity contribution in [2.24, 2.45) is 0 Å². The van der Waals surface area contributed by atoms with E-state index in [0.29, 0.717) is 41.3 Å². The Morgan fingerprint density at radius 2 is 2.00 bits per heavy atom. The van der Waals surface area contributed by atoms with Crippen LogP contribution < -0.4 is 14.8 Å². The molecule has 5 rings (SSSR count). The van der Waals surface area contributed by atoms with Gasteiger partial charge in [0.15, 0.2) is 17.3 Å². The van der Waals surface area contributed by atoms with Gasteiger partial charge in [0.05, 0.1) is 36.4 Å². The number of anilines is 2. The maximum atomic E-state index is 14.5. The van der Waals surface area contributed by atoms with Crippen LogP contribution in [0.3, 0.4) is 0 Å². The van der Waals surface area contributed by atoms with Gasteiger partial charge in [-0.05, 0) is 57.0 Å². The van der Waals surface area contributed by atoms with Gasteiger partial charge in [0.1, 0.15) is 18.2 Å². The smallest absolute Gasteiger partial charge is 0.236 e. The number of aromatic nitrogens is 2. The van der Waals surface area contributed by atoms with Crippen LogP contribution in [0.5, 0.6) is 11.5 Å². The lowest BCUT2D eigenvalue weighted by Gasteiger charge is -2.34. The van der Waals surface area contributed by atoms with Gasteiger partial charge in [-0.3, -0.25) is 9.69 Å². The van der Waals surface area contributed by atoms with Crippen molar-refractivity contribution in [3.63, 3.8) is 0 Å². The van der Waals surface area contributed by atoms with Gasteiger partial charge in [0, 0.05) is 18.0 Å². The van der Waals surface area contributed by atoms with Gasteiger partial charge in [-0.15, -0.1) is 0 Å². The first kappa shape index (κ1) is 24.5. The number of carbonyl (C=O) groups is 1. The highest BCUT2D eigenvalue weighted by Gasteiger charge is 2.27. The molecule has 0 unspecified atom stereocenters. The number of methoxy groups -OCH3 is 1. The lowest BCUT2D eigenvalue weighted by atomic mass is 10.1. The Balaban J connectivity index is 1.37. The number of amides is 1. The van der Waals surface area contributed by atoms with Gasteiger partial charge in [-0.2, -0.15) is 0 Å². The van der Waals surface area contributed by atoms with Crippen molar-refractivity contribution >= 4 is 39.9 Å². The van der Waals surface area contributed by atoms with Crippen LogP contribution >= 0.6 is 11.6 Å². The van der Waals surface area contributed by atoms with E-state index in [-0.39, 0.29) is 22.7 Å². The molecule has 2 aliphatic heterocycles. The highest BCUT2D eigenvalue weighted by Crippen LogP contribution is 2.36. The van der Waals surface area contributed by atoms with Gasteiger partial charge in [-0.1, -0.05) is 17.7 Å². The van der Waals surface area contributed by atoms with Crippen molar-refractivity contribution in [1.82, 2.24) is 19.8 Å². The van der Waals surface area contributed by atoms with E-state index in [1.54, 1.807) is 31.4 Å². The standard InChI is InChI=1S/C26H29ClFN5O3/c1-35-22-13-21-18(26(30-16-29-21)31-20-8-4-7-19(27)25(20)28)12-23(22)36-17-6-5-11-33(14-17)24(34)15-32-9-2-3-10-32/h4,7-8,12-13,16-17H,2-3,5-6,9-11,14-15H2,1H3,(H,29,30,31)/t17-/m0/s1. The van der Waals surface area contributed by atoms with Crippen LogP contribution in [0.25, 0.3) is 10.9 Å². The maximum Gasteiger partial charge on any atom is 0.236 e. The molecule has 10 heteroatoms. The molecule has 1 atom stereocenters. The van der Waals surface area contributed by atoms with Gasteiger partial charge >= 0.3 is 0 Å². The topological polar surface area (TPSA) is 79.8 Å². The molecule has 0 radical (unpaired) electrons. The lowest BCUT2D eigenvalue weighted by molar-refractivity contribution is -0.134. The van der Waals surface area contributed by atoms with E-state index in [1.807, 2.05) is 4.90 Å². The molecule has 3 heterocycles. The molecule has 2 fully saturated rings. The van der Waals surface area contributed by atoms with Gasteiger partial charge in [-0.25, -0.2) is 14.4 Å². The Bertz CT molecular complexity index is 1250. The number of halogens is 2.